The fourth-order valence-electron chi connectivity index (χ4n) is 1.39. The molecule has 0 aliphatic rings. The number of benzene rings is 1. The molecule has 0 saturated heterocycles. The van der Waals surface area contributed by atoms with Crippen LogP contribution < -0.4 is 10.6 Å². The van der Waals surface area contributed by atoms with Crippen molar-refractivity contribution in [3.63, 3.8) is 0 Å². The lowest BCUT2D eigenvalue weighted by Crippen LogP contribution is -2.17. The van der Waals surface area contributed by atoms with Crippen molar-refractivity contribution in [2.75, 3.05) is 10.6 Å². The normalized spacial score (nSPS) is 14.4. The lowest BCUT2D eigenvalue weighted by Gasteiger charge is -2.16. The van der Waals surface area contributed by atoms with Gasteiger partial charge in [0.2, 0.25) is 0 Å². The van der Waals surface area contributed by atoms with Crippen LogP contribution in [0.2, 0.25) is 0 Å². The maximum absolute atomic E-state index is 13.5. The quantitative estimate of drug-likeness (QED) is 0.591. The van der Waals surface area contributed by atoms with E-state index >= 15 is 0 Å². The molecule has 0 aromatic heterocycles. The van der Waals surface area contributed by atoms with Gasteiger partial charge in [-0.15, -0.1) is 0 Å². The Balaban J connectivity index is 3.01. The van der Waals surface area contributed by atoms with Crippen molar-refractivity contribution in [2.45, 2.75) is 33.2 Å². The molecule has 0 fully saturated rings. The average Bonchev–Trinajstić information content (AvgIpc) is 2.11. The van der Waals surface area contributed by atoms with E-state index in [1.165, 1.54) is 19.1 Å². The average molecular weight is 228 g/mol. The van der Waals surface area contributed by atoms with Gasteiger partial charge in [-0.25, -0.2) is 4.39 Å². The van der Waals surface area contributed by atoms with Gasteiger partial charge in [0.25, 0.3) is 0 Å². The summed E-state index contributed by atoms with van der Waals surface area (Å²) in [7, 11) is 0. The number of aliphatic hydroxyl groups excluding tert-OH is 2. The molecule has 4 N–H and O–H groups in total. The molecule has 1 rings (SSSR count). The highest BCUT2D eigenvalue weighted by molar-refractivity contribution is 5.62. The number of aryl methyl sites for hydroxylation is 1. The highest BCUT2D eigenvalue weighted by Gasteiger charge is 2.09. The lowest BCUT2D eigenvalue weighted by molar-refractivity contribution is 0.223. The van der Waals surface area contributed by atoms with Crippen LogP contribution >= 0.6 is 0 Å². The van der Waals surface area contributed by atoms with E-state index in [0.717, 1.165) is 0 Å². The first-order chi connectivity index (χ1) is 7.40. The van der Waals surface area contributed by atoms with Crippen LogP contribution in [0.15, 0.2) is 12.1 Å². The molecular formula is C11H17FN2O2. The molecule has 0 bridgehead atoms. The summed E-state index contributed by atoms with van der Waals surface area (Å²) in [6.45, 7) is 4.81. The Labute approximate surface area is 94.1 Å². The lowest BCUT2D eigenvalue weighted by atomic mass is 10.1. The third kappa shape index (κ3) is 3.36. The van der Waals surface area contributed by atoms with Gasteiger partial charge in [0.05, 0.1) is 5.69 Å². The molecule has 1 aromatic carbocycles. The zero-order valence-electron chi connectivity index (χ0n) is 9.58. The van der Waals surface area contributed by atoms with E-state index in [9.17, 15) is 9.50 Å². The number of halogens is 1. The Morgan fingerprint density at radius 2 is 1.56 bits per heavy atom. The van der Waals surface area contributed by atoms with E-state index in [0.29, 0.717) is 11.3 Å². The Hall–Kier alpha value is -1.33. The van der Waals surface area contributed by atoms with Gasteiger partial charge in [-0.1, -0.05) is 0 Å². The van der Waals surface area contributed by atoms with E-state index in [1.807, 2.05) is 0 Å². The van der Waals surface area contributed by atoms with Gasteiger partial charge in [0.15, 0.2) is 0 Å². The second-order valence-corrected chi connectivity index (χ2v) is 3.79. The Morgan fingerprint density at radius 1 is 1.06 bits per heavy atom. The first kappa shape index (κ1) is 12.7. The molecule has 1 aromatic rings. The van der Waals surface area contributed by atoms with Gasteiger partial charge in [-0.2, -0.15) is 0 Å². The highest BCUT2D eigenvalue weighted by Crippen LogP contribution is 2.24. The molecule has 0 aliphatic carbocycles. The SMILES string of the molecule is Cc1cc(F)c(NC(C)O)cc1NC(C)O. The molecule has 0 aliphatic heterocycles. The molecule has 2 atom stereocenters. The summed E-state index contributed by atoms with van der Waals surface area (Å²) in [5, 5.41) is 23.7. The number of hydrogen-bond donors (Lipinski definition) is 4. The van der Waals surface area contributed by atoms with E-state index < -0.39 is 18.3 Å². The standard InChI is InChI=1S/C11H17FN2O2/c1-6-4-9(12)11(14-8(3)16)5-10(6)13-7(2)15/h4-5,7-8,13-16H,1-3H3. The van der Waals surface area contributed by atoms with Crippen LogP contribution in [-0.4, -0.2) is 22.7 Å². The zero-order valence-corrected chi connectivity index (χ0v) is 9.58. The second-order valence-electron chi connectivity index (χ2n) is 3.79. The summed E-state index contributed by atoms with van der Waals surface area (Å²) in [6, 6.07) is 2.86. The predicted molar refractivity (Wildman–Crippen MR) is 61.7 cm³/mol. The van der Waals surface area contributed by atoms with Crippen LogP contribution in [0.4, 0.5) is 15.8 Å². The topological polar surface area (TPSA) is 64.5 Å². The fourth-order valence-corrected chi connectivity index (χ4v) is 1.39. The van der Waals surface area contributed by atoms with Gasteiger partial charge in [-0.05, 0) is 38.5 Å². The van der Waals surface area contributed by atoms with Crippen LogP contribution in [0.5, 0.6) is 0 Å². The summed E-state index contributed by atoms with van der Waals surface area (Å²) >= 11 is 0. The summed E-state index contributed by atoms with van der Waals surface area (Å²) < 4.78 is 13.5. The van der Waals surface area contributed by atoms with Crippen molar-refractivity contribution in [2.24, 2.45) is 0 Å². The molecule has 0 saturated carbocycles. The van der Waals surface area contributed by atoms with E-state index in [2.05, 4.69) is 10.6 Å². The first-order valence-electron chi connectivity index (χ1n) is 5.09. The number of hydrogen-bond acceptors (Lipinski definition) is 4. The van der Waals surface area contributed by atoms with Crippen molar-refractivity contribution in [1.82, 2.24) is 0 Å². The fraction of sp³-hybridized carbons (Fsp3) is 0.455. The minimum absolute atomic E-state index is 0.198. The first-order valence-corrected chi connectivity index (χ1v) is 5.09. The van der Waals surface area contributed by atoms with Crippen LogP contribution in [0.25, 0.3) is 0 Å². The Morgan fingerprint density at radius 3 is 2.06 bits per heavy atom. The van der Waals surface area contributed by atoms with Crippen LogP contribution in [-0.2, 0) is 0 Å². The van der Waals surface area contributed by atoms with Gasteiger partial charge >= 0.3 is 0 Å². The monoisotopic (exact) mass is 228 g/mol. The number of nitrogens with one attached hydrogen (secondary N) is 2. The molecule has 0 amide bonds. The van der Waals surface area contributed by atoms with Crippen molar-refractivity contribution in [3.8, 4) is 0 Å². The summed E-state index contributed by atoms with van der Waals surface area (Å²) in [6.07, 6.45) is -1.56. The van der Waals surface area contributed by atoms with Crippen LogP contribution in [0.1, 0.15) is 19.4 Å². The molecule has 0 spiro atoms. The van der Waals surface area contributed by atoms with Gasteiger partial charge in [-0.3, -0.25) is 0 Å². The minimum atomic E-state index is -0.836. The van der Waals surface area contributed by atoms with Crippen molar-refractivity contribution >= 4 is 11.4 Å². The highest BCUT2D eigenvalue weighted by atomic mass is 19.1. The number of rotatable bonds is 4. The maximum Gasteiger partial charge on any atom is 0.146 e. The van der Waals surface area contributed by atoms with Crippen LogP contribution in [0, 0.1) is 12.7 Å². The molecule has 0 heterocycles. The van der Waals surface area contributed by atoms with Crippen molar-refractivity contribution in [3.05, 3.63) is 23.5 Å². The van der Waals surface area contributed by atoms with E-state index in [1.54, 1.807) is 13.8 Å². The van der Waals surface area contributed by atoms with Gasteiger partial charge in [0, 0.05) is 5.69 Å². The van der Waals surface area contributed by atoms with Crippen molar-refractivity contribution < 1.29 is 14.6 Å². The molecule has 90 valence electrons. The Bertz CT molecular complexity index is 336. The zero-order chi connectivity index (χ0) is 12.3. The van der Waals surface area contributed by atoms with Gasteiger partial charge < -0.3 is 20.8 Å². The van der Waals surface area contributed by atoms with Crippen molar-refractivity contribution in [1.29, 1.82) is 0 Å². The largest absolute Gasteiger partial charge is 0.374 e. The van der Waals surface area contributed by atoms with Crippen LogP contribution in [0.3, 0.4) is 0 Å². The number of anilines is 2. The third-order valence-electron chi connectivity index (χ3n) is 2.04. The third-order valence-corrected chi connectivity index (χ3v) is 2.04. The smallest absolute Gasteiger partial charge is 0.146 e. The molecule has 0 radical (unpaired) electrons. The predicted octanol–water partition coefficient (Wildman–Crippen LogP) is 1.63. The minimum Gasteiger partial charge on any atom is -0.374 e. The molecule has 16 heavy (non-hydrogen) atoms. The summed E-state index contributed by atoms with van der Waals surface area (Å²) in [4.78, 5) is 0. The number of aliphatic hydroxyl groups is 2. The molecule has 5 heteroatoms. The molecular weight excluding hydrogens is 211 g/mol. The maximum atomic E-state index is 13.5. The summed E-state index contributed by atoms with van der Waals surface area (Å²) in [5.74, 6) is -0.436. The van der Waals surface area contributed by atoms with E-state index in [4.69, 9.17) is 5.11 Å². The van der Waals surface area contributed by atoms with E-state index in [-0.39, 0.29) is 5.69 Å². The second kappa shape index (κ2) is 5.14. The molecule has 2 unspecified atom stereocenters. The molecule has 4 nitrogen and oxygen atoms in total. The summed E-state index contributed by atoms with van der Waals surface area (Å²) in [5.41, 5.74) is 1.51. The Kier molecular flexibility index (Phi) is 4.09. The van der Waals surface area contributed by atoms with Gasteiger partial charge in [0.1, 0.15) is 18.3 Å².